The summed E-state index contributed by atoms with van der Waals surface area (Å²) < 4.78 is 5.27. The molecule has 0 amide bonds. The molecule has 3 nitrogen and oxygen atoms in total. The van der Waals surface area contributed by atoms with E-state index in [2.05, 4.69) is 31.2 Å². The summed E-state index contributed by atoms with van der Waals surface area (Å²) in [7, 11) is 0. The lowest BCUT2D eigenvalue weighted by Gasteiger charge is -2.45. The second-order valence-electron chi connectivity index (χ2n) is 4.54. The van der Waals surface area contributed by atoms with E-state index in [-0.39, 0.29) is 11.5 Å². The van der Waals surface area contributed by atoms with E-state index in [1.165, 1.54) is 4.90 Å². The summed E-state index contributed by atoms with van der Waals surface area (Å²) in [5.41, 5.74) is 13.2. The van der Waals surface area contributed by atoms with E-state index in [9.17, 15) is 0 Å². The van der Waals surface area contributed by atoms with Crippen LogP contribution in [0.15, 0.2) is 29.2 Å². The van der Waals surface area contributed by atoms with Gasteiger partial charge in [-0.2, -0.15) is 0 Å². The normalized spacial score (nSPS) is 19.7. The van der Waals surface area contributed by atoms with Gasteiger partial charge in [0.1, 0.15) is 0 Å². The molecule has 1 saturated heterocycles. The second-order valence-corrected chi connectivity index (χ2v) is 5.88. The Morgan fingerprint density at radius 2 is 2.00 bits per heavy atom. The lowest BCUT2D eigenvalue weighted by Crippen LogP contribution is -2.54. The van der Waals surface area contributed by atoms with E-state index in [0.717, 1.165) is 11.3 Å². The highest BCUT2D eigenvalue weighted by Gasteiger charge is 2.43. The van der Waals surface area contributed by atoms with Crippen molar-refractivity contribution in [1.82, 2.24) is 0 Å². The molecule has 0 bridgehead atoms. The molecule has 1 atom stereocenters. The first kappa shape index (κ1) is 12.9. The van der Waals surface area contributed by atoms with E-state index in [1.807, 2.05) is 11.8 Å². The lowest BCUT2D eigenvalue weighted by atomic mass is 9.76. The van der Waals surface area contributed by atoms with Gasteiger partial charge >= 0.3 is 0 Å². The van der Waals surface area contributed by atoms with Crippen LogP contribution in [0.5, 0.6) is 0 Å². The molecule has 0 radical (unpaired) electrons. The fraction of sp³-hybridized carbons (Fsp3) is 0.538. The molecule has 1 aliphatic heterocycles. The van der Waals surface area contributed by atoms with Crippen LogP contribution >= 0.6 is 11.8 Å². The predicted octanol–water partition coefficient (Wildman–Crippen LogP) is 1.77. The Balaban J connectivity index is 2.11. The number of benzene rings is 1. The topological polar surface area (TPSA) is 61.3 Å². The summed E-state index contributed by atoms with van der Waals surface area (Å²) in [5, 5.41) is 0. The highest BCUT2D eigenvalue weighted by molar-refractivity contribution is 7.99. The van der Waals surface area contributed by atoms with Crippen LogP contribution in [0.4, 0.5) is 0 Å². The Morgan fingerprint density at radius 1 is 1.35 bits per heavy atom. The third kappa shape index (κ3) is 2.50. The second kappa shape index (κ2) is 5.40. The van der Waals surface area contributed by atoms with E-state index < -0.39 is 0 Å². The average molecular weight is 252 g/mol. The molecule has 0 aliphatic carbocycles. The summed E-state index contributed by atoms with van der Waals surface area (Å²) >= 11 is 1.84. The van der Waals surface area contributed by atoms with E-state index in [1.54, 1.807) is 0 Å². The van der Waals surface area contributed by atoms with Crippen molar-refractivity contribution in [3.05, 3.63) is 29.8 Å². The van der Waals surface area contributed by atoms with Gasteiger partial charge in [-0.1, -0.05) is 19.1 Å². The summed E-state index contributed by atoms with van der Waals surface area (Å²) in [6, 6.07) is 8.46. The third-order valence-corrected chi connectivity index (χ3v) is 4.29. The van der Waals surface area contributed by atoms with Crippen LogP contribution in [0.2, 0.25) is 0 Å². The molecule has 1 unspecified atom stereocenters. The van der Waals surface area contributed by atoms with Crippen LogP contribution in [0, 0.1) is 5.41 Å². The van der Waals surface area contributed by atoms with Crippen LogP contribution < -0.4 is 11.5 Å². The standard InChI is InChI=1S/C13H20N2OS/c1-2-17-11-5-3-10(4-6-11)12(15)13(7-14)8-16-9-13/h3-6,12H,2,7-9,14-15H2,1H3. The van der Waals surface area contributed by atoms with Gasteiger partial charge < -0.3 is 16.2 Å². The minimum absolute atomic E-state index is 0.0260. The van der Waals surface area contributed by atoms with Crippen molar-refractivity contribution in [1.29, 1.82) is 0 Å². The minimum atomic E-state index is -0.0561. The lowest BCUT2D eigenvalue weighted by molar-refractivity contribution is -0.121. The molecular weight excluding hydrogens is 232 g/mol. The van der Waals surface area contributed by atoms with Crippen molar-refractivity contribution in [3.8, 4) is 0 Å². The van der Waals surface area contributed by atoms with E-state index in [0.29, 0.717) is 19.8 Å². The van der Waals surface area contributed by atoms with E-state index in [4.69, 9.17) is 16.2 Å². The maximum atomic E-state index is 6.30. The fourth-order valence-electron chi connectivity index (χ4n) is 2.08. The predicted molar refractivity (Wildman–Crippen MR) is 72.1 cm³/mol. The van der Waals surface area contributed by atoms with Gasteiger partial charge in [0, 0.05) is 22.9 Å². The monoisotopic (exact) mass is 252 g/mol. The van der Waals surface area contributed by atoms with Crippen molar-refractivity contribution < 1.29 is 4.74 Å². The Kier molecular flexibility index (Phi) is 4.09. The maximum absolute atomic E-state index is 6.30. The highest BCUT2D eigenvalue weighted by atomic mass is 32.2. The molecule has 1 aromatic rings. The van der Waals surface area contributed by atoms with Gasteiger partial charge in [-0.25, -0.2) is 0 Å². The Morgan fingerprint density at radius 3 is 2.41 bits per heavy atom. The zero-order valence-corrected chi connectivity index (χ0v) is 11.0. The quantitative estimate of drug-likeness (QED) is 0.784. The van der Waals surface area contributed by atoms with Crippen LogP contribution in [0.3, 0.4) is 0 Å². The molecule has 0 aromatic heterocycles. The molecule has 1 aliphatic rings. The van der Waals surface area contributed by atoms with Gasteiger partial charge in [-0.3, -0.25) is 0 Å². The van der Waals surface area contributed by atoms with Crippen LogP contribution in [0.1, 0.15) is 18.5 Å². The number of nitrogens with two attached hydrogens (primary N) is 2. The Bertz CT molecular complexity index is 357. The third-order valence-electron chi connectivity index (χ3n) is 3.40. The van der Waals surface area contributed by atoms with Crippen LogP contribution in [0.25, 0.3) is 0 Å². The maximum Gasteiger partial charge on any atom is 0.0575 e. The average Bonchev–Trinajstić information content (AvgIpc) is 2.29. The van der Waals surface area contributed by atoms with Crippen molar-refractivity contribution in [2.24, 2.45) is 16.9 Å². The first-order valence-corrected chi connectivity index (χ1v) is 6.96. The zero-order chi connectivity index (χ0) is 12.3. The summed E-state index contributed by atoms with van der Waals surface area (Å²) in [5.74, 6) is 1.09. The van der Waals surface area contributed by atoms with E-state index >= 15 is 0 Å². The molecule has 17 heavy (non-hydrogen) atoms. The number of ether oxygens (including phenoxy) is 1. The molecule has 2 rings (SSSR count). The molecular formula is C13H20N2OS. The molecule has 94 valence electrons. The Labute approximate surface area is 107 Å². The van der Waals surface area contributed by atoms with Gasteiger partial charge in [0.15, 0.2) is 0 Å². The smallest absolute Gasteiger partial charge is 0.0575 e. The first-order chi connectivity index (χ1) is 8.22. The fourth-order valence-corrected chi connectivity index (χ4v) is 2.74. The minimum Gasteiger partial charge on any atom is -0.380 e. The summed E-state index contributed by atoms with van der Waals surface area (Å²) in [6.45, 7) is 4.09. The van der Waals surface area contributed by atoms with Crippen molar-refractivity contribution in [2.75, 3.05) is 25.5 Å². The summed E-state index contributed by atoms with van der Waals surface area (Å²) in [6.07, 6.45) is 0. The molecule has 4 heteroatoms. The van der Waals surface area contributed by atoms with Gasteiger partial charge in [0.2, 0.25) is 0 Å². The van der Waals surface area contributed by atoms with Crippen molar-refractivity contribution in [2.45, 2.75) is 17.9 Å². The van der Waals surface area contributed by atoms with Crippen LogP contribution in [-0.4, -0.2) is 25.5 Å². The molecule has 0 spiro atoms. The Hall–Kier alpha value is -0.550. The van der Waals surface area contributed by atoms with Crippen molar-refractivity contribution in [3.63, 3.8) is 0 Å². The SMILES string of the molecule is CCSc1ccc(C(N)C2(CN)COC2)cc1. The highest BCUT2D eigenvalue weighted by Crippen LogP contribution is 2.38. The van der Waals surface area contributed by atoms with Gasteiger partial charge in [0.25, 0.3) is 0 Å². The van der Waals surface area contributed by atoms with Gasteiger partial charge in [-0.05, 0) is 23.4 Å². The molecule has 1 fully saturated rings. The molecule has 1 aromatic carbocycles. The zero-order valence-electron chi connectivity index (χ0n) is 10.2. The molecule has 0 saturated carbocycles. The number of thioether (sulfide) groups is 1. The number of hydrogen-bond acceptors (Lipinski definition) is 4. The van der Waals surface area contributed by atoms with Gasteiger partial charge in [-0.15, -0.1) is 11.8 Å². The van der Waals surface area contributed by atoms with Crippen molar-refractivity contribution >= 4 is 11.8 Å². The van der Waals surface area contributed by atoms with Crippen LogP contribution in [-0.2, 0) is 4.74 Å². The largest absolute Gasteiger partial charge is 0.380 e. The molecule has 1 heterocycles. The first-order valence-electron chi connectivity index (χ1n) is 5.98. The molecule has 4 N–H and O–H groups in total. The summed E-state index contributed by atoms with van der Waals surface area (Å²) in [4.78, 5) is 1.29. The number of hydrogen-bond donors (Lipinski definition) is 2. The van der Waals surface area contributed by atoms with Gasteiger partial charge in [0.05, 0.1) is 13.2 Å². The number of rotatable bonds is 5.